The van der Waals surface area contributed by atoms with Crippen molar-refractivity contribution in [1.82, 2.24) is 9.88 Å². The molecule has 1 unspecified atom stereocenters. The van der Waals surface area contributed by atoms with Crippen molar-refractivity contribution in [1.29, 1.82) is 0 Å². The third-order valence-electron chi connectivity index (χ3n) is 5.55. The molecule has 4 aromatic rings. The predicted molar refractivity (Wildman–Crippen MR) is 126 cm³/mol. The maximum atomic E-state index is 13.1. The van der Waals surface area contributed by atoms with Crippen LogP contribution in [0.25, 0.3) is 10.9 Å². The highest BCUT2D eigenvalue weighted by atomic mass is 16.2. The van der Waals surface area contributed by atoms with E-state index in [9.17, 15) is 14.4 Å². The molecule has 0 saturated carbocycles. The number of anilines is 1. The topological polar surface area (TPSA) is 82.3 Å². The second kappa shape index (κ2) is 8.89. The summed E-state index contributed by atoms with van der Waals surface area (Å²) < 4.78 is 0. The molecule has 2 amide bonds. The van der Waals surface area contributed by atoms with Crippen molar-refractivity contribution in [2.75, 3.05) is 12.4 Å². The number of hydrogen-bond acceptors (Lipinski definition) is 3. The van der Waals surface area contributed by atoms with Crippen molar-refractivity contribution in [3.63, 3.8) is 0 Å². The summed E-state index contributed by atoms with van der Waals surface area (Å²) in [6.07, 6.45) is 0. The molecule has 6 nitrogen and oxygen atoms in total. The monoisotopic (exact) mass is 425 g/mol. The van der Waals surface area contributed by atoms with Gasteiger partial charge in [0.25, 0.3) is 17.4 Å². The second-order valence-electron chi connectivity index (χ2n) is 7.64. The van der Waals surface area contributed by atoms with Gasteiger partial charge in [0, 0.05) is 23.8 Å². The van der Waals surface area contributed by atoms with Gasteiger partial charge in [0.05, 0.1) is 6.04 Å². The number of pyridine rings is 1. The predicted octanol–water partition coefficient (Wildman–Crippen LogP) is 4.61. The number of carbonyl (C=O) groups excluding carboxylic acids is 2. The maximum Gasteiger partial charge on any atom is 0.261 e. The average Bonchev–Trinajstić information content (AvgIpc) is 2.83. The second-order valence-corrected chi connectivity index (χ2v) is 7.64. The minimum Gasteiger partial charge on any atom is -0.335 e. The molecule has 160 valence electrons. The molecule has 0 spiro atoms. The first-order chi connectivity index (χ1) is 15.4. The van der Waals surface area contributed by atoms with Crippen LogP contribution in [0, 0.1) is 0 Å². The van der Waals surface area contributed by atoms with Gasteiger partial charge in [-0.25, -0.2) is 0 Å². The molecule has 0 aliphatic carbocycles. The Bertz CT molecular complexity index is 1350. The first-order valence-corrected chi connectivity index (χ1v) is 10.3. The lowest BCUT2D eigenvalue weighted by Gasteiger charge is -2.25. The Labute approximate surface area is 185 Å². The van der Waals surface area contributed by atoms with Crippen LogP contribution in [-0.2, 0) is 0 Å². The Morgan fingerprint density at radius 3 is 2.41 bits per heavy atom. The molecule has 6 heteroatoms. The third kappa shape index (κ3) is 4.30. The van der Waals surface area contributed by atoms with E-state index in [1.165, 1.54) is 4.90 Å². The van der Waals surface area contributed by atoms with Crippen LogP contribution < -0.4 is 10.9 Å². The van der Waals surface area contributed by atoms with Crippen LogP contribution in [0.1, 0.15) is 39.2 Å². The van der Waals surface area contributed by atoms with E-state index in [4.69, 9.17) is 0 Å². The number of hydrogen-bond donors (Lipinski definition) is 2. The van der Waals surface area contributed by atoms with Gasteiger partial charge in [-0.15, -0.1) is 0 Å². The summed E-state index contributed by atoms with van der Waals surface area (Å²) in [7, 11) is 1.66. The van der Waals surface area contributed by atoms with Crippen LogP contribution >= 0.6 is 0 Å². The highest BCUT2D eigenvalue weighted by molar-refractivity contribution is 6.04. The lowest BCUT2D eigenvalue weighted by atomic mass is 10.0. The Morgan fingerprint density at radius 2 is 1.62 bits per heavy atom. The van der Waals surface area contributed by atoms with E-state index < -0.39 is 5.56 Å². The molecule has 0 saturated heterocycles. The molecule has 32 heavy (non-hydrogen) atoms. The Kier molecular flexibility index (Phi) is 5.85. The van der Waals surface area contributed by atoms with E-state index in [-0.39, 0.29) is 23.4 Å². The van der Waals surface area contributed by atoms with Crippen molar-refractivity contribution < 1.29 is 9.59 Å². The fraction of sp³-hybridized carbons (Fsp3) is 0.115. The third-order valence-corrected chi connectivity index (χ3v) is 5.55. The lowest BCUT2D eigenvalue weighted by Crippen LogP contribution is -2.33. The minimum absolute atomic E-state index is 0.0894. The van der Waals surface area contributed by atoms with E-state index in [0.29, 0.717) is 16.8 Å². The van der Waals surface area contributed by atoms with Crippen molar-refractivity contribution in [2.45, 2.75) is 13.0 Å². The summed E-state index contributed by atoms with van der Waals surface area (Å²) in [6.45, 7) is 1.88. The first kappa shape index (κ1) is 21.1. The van der Waals surface area contributed by atoms with Crippen LogP contribution in [0.4, 0.5) is 5.69 Å². The number of H-pyrrole nitrogens is 1. The minimum atomic E-state index is -0.420. The standard InChI is InChI=1S/C26H23N3O3/c1-17(19-12-8-13-21(15-19)27-24(30)18-9-4-3-5-10-18)29(2)26(32)22-16-20-11-6-7-14-23(20)28-25(22)31/h3-17H,1-2H3,(H,27,30)(H,28,31). The number of nitrogens with one attached hydrogen (secondary N) is 2. The number of aromatic nitrogens is 1. The number of aromatic amines is 1. The van der Waals surface area contributed by atoms with Gasteiger partial charge in [-0.3, -0.25) is 14.4 Å². The van der Waals surface area contributed by atoms with Crippen molar-refractivity contribution >= 4 is 28.4 Å². The molecular formula is C26H23N3O3. The molecule has 1 aromatic heterocycles. The van der Waals surface area contributed by atoms with Gasteiger partial charge in [-0.2, -0.15) is 0 Å². The zero-order valence-electron chi connectivity index (χ0n) is 17.8. The summed E-state index contributed by atoms with van der Waals surface area (Å²) in [4.78, 5) is 42.4. The number of nitrogens with zero attached hydrogens (tertiary/aromatic N) is 1. The van der Waals surface area contributed by atoms with Crippen molar-refractivity contribution in [2.24, 2.45) is 0 Å². The molecule has 0 bridgehead atoms. The Morgan fingerprint density at radius 1 is 0.906 bits per heavy atom. The summed E-state index contributed by atoms with van der Waals surface area (Å²) in [6, 6.07) is 24.9. The van der Waals surface area contributed by atoms with Crippen LogP contribution in [0.5, 0.6) is 0 Å². The normalized spacial score (nSPS) is 11.7. The van der Waals surface area contributed by atoms with Gasteiger partial charge >= 0.3 is 0 Å². The molecule has 1 heterocycles. The molecule has 3 aromatic carbocycles. The molecule has 0 fully saturated rings. The summed E-state index contributed by atoms with van der Waals surface area (Å²) in [5.41, 5.74) is 2.39. The van der Waals surface area contributed by atoms with Gasteiger partial charge in [0.2, 0.25) is 0 Å². The zero-order valence-corrected chi connectivity index (χ0v) is 17.8. The van der Waals surface area contributed by atoms with Gasteiger partial charge < -0.3 is 15.2 Å². The molecular weight excluding hydrogens is 402 g/mol. The quantitative estimate of drug-likeness (QED) is 0.490. The van der Waals surface area contributed by atoms with E-state index >= 15 is 0 Å². The van der Waals surface area contributed by atoms with Gasteiger partial charge in [0.15, 0.2) is 0 Å². The van der Waals surface area contributed by atoms with E-state index in [2.05, 4.69) is 10.3 Å². The van der Waals surface area contributed by atoms with Crippen LogP contribution in [0.2, 0.25) is 0 Å². The van der Waals surface area contributed by atoms with E-state index in [1.807, 2.05) is 61.5 Å². The van der Waals surface area contributed by atoms with Crippen molar-refractivity contribution in [3.8, 4) is 0 Å². The highest BCUT2D eigenvalue weighted by Crippen LogP contribution is 2.24. The summed E-state index contributed by atoms with van der Waals surface area (Å²) in [5.74, 6) is -0.578. The van der Waals surface area contributed by atoms with Gasteiger partial charge in [0.1, 0.15) is 5.56 Å². The van der Waals surface area contributed by atoms with Crippen LogP contribution in [0.15, 0.2) is 89.7 Å². The SMILES string of the molecule is CC(c1cccc(NC(=O)c2ccccc2)c1)N(C)C(=O)c1cc2ccccc2[nH]c1=O. The molecule has 0 aliphatic heterocycles. The Hall–Kier alpha value is -4.19. The molecule has 1 atom stereocenters. The average molecular weight is 425 g/mol. The summed E-state index contributed by atoms with van der Waals surface area (Å²) >= 11 is 0. The van der Waals surface area contributed by atoms with E-state index in [1.54, 1.807) is 37.4 Å². The smallest absolute Gasteiger partial charge is 0.261 e. The van der Waals surface area contributed by atoms with E-state index in [0.717, 1.165) is 10.9 Å². The number of rotatable bonds is 5. The molecule has 0 aliphatic rings. The molecule has 4 rings (SSSR count). The van der Waals surface area contributed by atoms with Crippen LogP contribution in [-0.4, -0.2) is 28.7 Å². The Balaban J connectivity index is 1.55. The van der Waals surface area contributed by atoms with Gasteiger partial charge in [-0.1, -0.05) is 48.5 Å². The zero-order chi connectivity index (χ0) is 22.7. The lowest BCUT2D eigenvalue weighted by molar-refractivity contribution is 0.0740. The number of amides is 2. The number of para-hydroxylation sites is 1. The first-order valence-electron chi connectivity index (χ1n) is 10.3. The fourth-order valence-electron chi connectivity index (χ4n) is 3.56. The maximum absolute atomic E-state index is 13.1. The number of benzene rings is 3. The molecule has 0 radical (unpaired) electrons. The van der Waals surface area contributed by atoms with Crippen molar-refractivity contribution in [3.05, 3.63) is 112 Å². The van der Waals surface area contributed by atoms with Crippen LogP contribution in [0.3, 0.4) is 0 Å². The molecule has 2 N–H and O–H groups in total. The van der Waals surface area contributed by atoms with Gasteiger partial charge in [-0.05, 0) is 54.3 Å². The largest absolute Gasteiger partial charge is 0.335 e. The summed E-state index contributed by atoms with van der Waals surface area (Å²) in [5, 5.41) is 3.68. The highest BCUT2D eigenvalue weighted by Gasteiger charge is 2.22. The fourth-order valence-corrected chi connectivity index (χ4v) is 3.56. The number of fused-ring (bicyclic) bond motifs is 1. The number of carbonyl (C=O) groups is 2.